The molecule has 1 saturated heterocycles. The van der Waals surface area contributed by atoms with Crippen molar-refractivity contribution in [2.75, 3.05) is 6.54 Å². The van der Waals surface area contributed by atoms with Crippen molar-refractivity contribution < 1.29 is 0 Å². The number of halogens is 1. The normalized spacial score (nSPS) is 18.6. The first-order valence-corrected chi connectivity index (χ1v) is 5.29. The summed E-state index contributed by atoms with van der Waals surface area (Å²) in [6.07, 6.45) is 3.13. The first kappa shape index (κ1) is 9.69. The maximum Gasteiger partial charge on any atom is 0.102 e. The zero-order chi connectivity index (χ0) is 9.97. The van der Waals surface area contributed by atoms with E-state index in [0.717, 1.165) is 28.5 Å². The van der Waals surface area contributed by atoms with Gasteiger partial charge in [-0.15, -0.1) is 0 Å². The summed E-state index contributed by atoms with van der Waals surface area (Å²) in [4.78, 5) is 0.875. The van der Waals surface area contributed by atoms with E-state index in [1.54, 1.807) is 0 Å². The Kier molecular flexibility index (Phi) is 2.85. The molecule has 1 aliphatic heterocycles. The number of hydrogen-bond acceptors (Lipinski definition) is 1. The van der Waals surface area contributed by atoms with E-state index in [2.05, 4.69) is 11.4 Å². The number of benzene rings is 1. The van der Waals surface area contributed by atoms with Gasteiger partial charge in [0.15, 0.2) is 0 Å². The van der Waals surface area contributed by atoms with E-state index in [1.165, 1.54) is 5.57 Å². The summed E-state index contributed by atoms with van der Waals surface area (Å²) in [5.74, 6) is 0. The summed E-state index contributed by atoms with van der Waals surface area (Å²) in [7, 11) is 0. The van der Waals surface area contributed by atoms with Crippen LogP contribution in [0.5, 0.6) is 0 Å². The zero-order valence-corrected chi connectivity index (χ0v) is 9.16. The number of rotatable bonds is 1. The van der Waals surface area contributed by atoms with Gasteiger partial charge in [0.25, 0.3) is 0 Å². The van der Waals surface area contributed by atoms with Crippen molar-refractivity contribution in [3.8, 4) is 0 Å². The summed E-state index contributed by atoms with van der Waals surface area (Å²) in [6, 6.07) is 7.77. The molecule has 0 aliphatic carbocycles. The lowest BCUT2D eigenvalue weighted by Gasteiger charge is -1.97. The Morgan fingerprint density at radius 3 is 2.57 bits per heavy atom. The minimum absolute atomic E-state index is 0.763. The highest BCUT2D eigenvalue weighted by molar-refractivity contribution is 7.80. The predicted octanol–water partition coefficient (Wildman–Crippen LogP) is 3.04. The van der Waals surface area contributed by atoms with Crippen molar-refractivity contribution in [1.82, 2.24) is 5.32 Å². The Labute approximate surface area is 93.8 Å². The first-order valence-electron chi connectivity index (χ1n) is 4.50. The van der Waals surface area contributed by atoms with E-state index >= 15 is 0 Å². The highest BCUT2D eigenvalue weighted by Crippen LogP contribution is 2.16. The van der Waals surface area contributed by atoms with Crippen LogP contribution in [0.15, 0.2) is 29.8 Å². The molecule has 72 valence electrons. The van der Waals surface area contributed by atoms with Crippen LogP contribution in [0.4, 0.5) is 0 Å². The molecule has 1 N–H and O–H groups in total. The molecule has 0 amide bonds. The van der Waals surface area contributed by atoms with Gasteiger partial charge >= 0.3 is 0 Å². The van der Waals surface area contributed by atoms with Crippen LogP contribution < -0.4 is 5.32 Å². The number of hydrogen-bond donors (Lipinski definition) is 1. The van der Waals surface area contributed by atoms with E-state index in [-0.39, 0.29) is 0 Å². The number of nitrogens with one attached hydrogen (secondary N) is 1. The molecule has 0 bridgehead atoms. The van der Waals surface area contributed by atoms with Gasteiger partial charge < -0.3 is 5.32 Å². The molecule has 14 heavy (non-hydrogen) atoms. The fourth-order valence-electron chi connectivity index (χ4n) is 1.44. The molecule has 1 aromatic rings. The highest BCUT2D eigenvalue weighted by atomic mass is 35.5. The smallest absolute Gasteiger partial charge is 0.102 e. The van der Waals surface area contributed by atoms with Crippen molar-refractivity contribution >= 4 is 34.9 Å². The van der Waals surface area contributed by atoms with Crippen molar-refractivity contribution in [1.29, 1.82) is 0 Å². The fraction of sp³-hybridized carbons (Fsp3) is 0.182. The quantitative estimate of drug-likeness (QED) is 0.580. The second-order valence-electron chi connectivity index (χ2n) is 3.23. The minimum atomic E-state index is 0.763. The van der Waals surface area contributed by atoms with Crippen LogP contribution in [0.25, 0.3) is 6.08 Å². The average molecular weight is 224 g/mol. The Balaban J connectivity index is 2.24. The van der Waals surface area contributed by atoms with Crippen LogP contribution in [0.3, 0.4) is 0 Å². The van der Waals surface area contributed by atoms with Gasteiger partial charge in [0.2, 0.25) is 0 Å². The lowest BCUT2D eigenvalue weighted by molar-refractivity contribution is 0.960. The summed E-state index contributed by atoms with van der Waals surface area (Å²) in [5, 5.41) is 3.90. The largest absolute Gasteiger partial charge is 0.376 e. The molecule has 0 radical (unpaired) electrons. The van der Waals surface area contributed by atoms with Crippen molar-refractivity contribution in [2.24, 2.45) is 0 Å². The van der Waals surface area contributed by atoms with Crippen LogP contribution in [0, 0.1) is 0 Å². The summed E-state index contributed by atoms with van der Waals surface area (Å²) in [6.45, 7) is 0.957. The molecular formula is C11H10ClNS. The van der Waals surface area contributed by atoms with E-state index in [0.29, 0.717) is 0 Å². The van der Waals surface area contributed by atoms with E-state index in [9.17, 15) is 0 Å². The molecule has 0 aromatic heterocycles. The van der Waals surface area contributed by atoms with E-state index < -0.39 is 0 Å². The fourth-order valence-corrected chi connectivity index (χ4v) is 1.82. The highest BCUT2D eigenvalue weighted by Gasteiger charge is 2.11. The minimum Gasteiger partial charge on any atom is -0.376 e. The van der Waals surface area contributed by atoms with Gasteiger partial charge in [-0.2, -0.15) is 0 Å². The van der Waals surface area contributed by atoms with Gasteiger partial charge in [0.05, 0.1) is 0 Å². The Morgan fingerprint density at radius 1 is 1.29 bits per heavy atom. The molecule has 1 heterocycles. The third kappa shape index (κ3) is 2.14. The average Bonchev–Trinajstić information content (AvgIpc) is 2.56. The van der Waals surface area contributed by atoms with Crippen LogP contribution in [0.1, 0.15) is 12.0 Å². The van der Waals surface area contributed by atoms with Crippen LogP contribution in [-0.2, 0) is 0 Å². The van der Waals surface area contributed by atoms with Gasteiger partial charge in [-0.25, -0.2) is 0 Å². The Bertz CT molecular complexity index is 381. The molecule has 3 heteroatoms. The predicted molar refractivity (Wildman–Crippen MR) is 64.6 cm³/mol. The Morgan fingerprint density at radius 2 is 2.00 bits per heavy atom. The van der Waals surface area contributed by atoms with Crippen LogP contribution in [0.2, 0.25) is 5.02 Å². The maximum absolute atomic E-state index is 5.80. The van der Waals surface area contributed by atoms with Crippen molar-refractivity contribution in [3.63, 3.8) is 0 Å². The second-order valence-corrected chi connectivity index (χ2v) is 4.07. The topological polar surface area (TPSA) is 12.0 Å². The van der Waals surface area contributed by atoms with Crippen molar-refractivity contribution in [3.05, 3.63) is 40.4 Å². The van der Waals surface area contributed by atoms with Gasteiger partial charge in [0, 0.05) is 11.6 Å². The maximum atomic E-state index is 5.80. The lowest BCUT2D eigenvalue weighted by Crippen LogP contribution is -2.11. The number of thiocarbonyl (C=S) groups is 1. The first-order chi connectivity index (χ1) is 6.75. The molecule has 1 fully saturated rings. The zero-order valence-electron chi connectivity index (χ0n) is 7.59. The molecule has 0 spiro atoms. The van der Waals surface area contributed by atoms with Gasteiger partial charge in [-0.3, -0.25) is 0 Å². The molecule has 0 unspecified atom stereocenters. The molecule has 1 aromatic carbocycles. The van der Waals surface area contributed by atoms with Gasteiger partial charge in [-0.1, -0.05) is 36.0 Å². The monoisotopic (exact) mass is 223 g/mol. The summed E-state index contributed by atoms with van der Waals surface area (Å²) >= 11 is 11.0. The van der Waals surface area contributed by atoms with Crippen LogP contribution >= 0.6 is 23.8 Å². The molecule has 0 atom stereocenters. The van der Waals surface area contributed by atoms with Crippen molar-refractivity contribution in [2.45, 2.75) is 6.42 Å². The SMILES string of the molecule is S=C1NCCC1=Cc1ccc(Cl)cc1. The van der Waals surface area contributed by atoms with E-state index in [4.69, 9.17) is 23.8 Å². The molecule has 1 nitrogen and oxygen atoms in total. The third-order valence-corrected chi connectivity index (χ3v) is 2.84. The molecule has 2 rings (SSSR count). The van der Waals surface area contributed by atoms with E-state index in [1.807, 2.05) is 24.3 Å². The van der Waals surface area contributed by atoms with Gasteiger partial charge in [-0.05, 0) is 35.8 Å². The molecular weight excluding hydrogens is 214 g/mol. The molecule has 1 aliphatic rings. The third-order valence-electron chi connectivity index (χ3n) is 2.18. The Hall–Kier alpha value is -0.860. The molecule has 0 saturated carbocycles. The van der Waals surface area contributed by atoms with Gasteiger partial charge in [0.1, 0.15) is 4.99 Å². The second kappa shape index (κ2) is 4.11. The summed E-state index contributed by atoms with van der Waals surface area (Å²) in [5.41, 5.74) is 2.36. The lowest BCUT2D eigenvalue weighted by atomic mass is 10.1. The standard InChI is InChI=1S/C11H10ClNS/c12-10-3-1-8(2-4-10)7-9-5-6-13-11(9)14/h1-4,7H,5-6H2,(H,13,14). The van der Waals surface area contributed by atoms with Crippen LogP contribution in [-0.4, -0.2) is 11.5 Å². The summed E-state index contributed by atoms with van der Waals surface area (Å²) < 4.78 is 0.